The van der Waals surface area contributed by atoms with Gasteiger partial charge in [-0.15, -0.1) is 0 Å². The zero-order chi connectivity index (χ0) is 19.8. The molecule has 6 nitrogen and oxygen atoms in total. The van der Waals surface area contributed by atoms with Crippen molar-refractivity contribution in [1.82, 2.24) is 19.9 Å². The second-order valence-corrected chi connectivity index (χ2v) is 7.94. The van der Waals surface area contributed by atoms with Crippen molar-refractivity contribution >= 4 is 22.8 Å². The third kappa shape index (κ3) is 3.43. The molecule has 0 spiro atoms. The topological polar surface area (TPSA) is 62.2 Å². The first-order valence-electron chi connectivity index (χ1n) is 10.4. The van der Waals surface area contributed by atoms with Crippen LogP contribution in [0.3, 0.4) is 0 Å². The van der Waals surface area contributed by atoms with Gasteiger partial charge in [-0.05, 0) is 43.9 Å². The van der Waals surface area contributed by atoms with Gasteiger partial charge in [0.2, 0.25) is 5.95 Å². The van der Waals surface area contributed by atoms with Gasteiger partial charge in [0, 0.05) is 49.9 Å². The van der Waals surface area contributed by atoms with Gasteiger partial charge in [-0.25, -0.2) is 9.97 Å². The number of hydrogen-bond donors (Lipinski definition) is 0. The molecule has 2 aliphatic heterocycles. The van der Waals surface area contributed by atoms with Crippen LogP contribution in [0.1, 0.15) is 40.2 Å². The largest absolute Gasteiger partial charge is 0.341 e. The number of rotatable bonds is 2. The molecule has 3 aromatic rings. The average molecular weight is 387 g/mol. The summed E-state index contributed by atoms with van der Waals surface area (Å²) in [5, 5.41) is 0.994. The lowest BCUT2D eigenvalue weighted by Crippen LogP contribution is -2.33. The first-order chi connectivity index (χ1) is 14.2. The molecule has 6 heteroatoms. The van der Waals surface area contributed by atoms with Crippen LogP contribution in [0.25, 0.3) is 10.9 Å². The van der Waals surface area contributed by atoms with Gasteiger partial charge in [0.15, 0.2) is 0 Å². The third-order valence-electron chi connectivity index (χ3n) is 6.05. The van der Waals surface area contributed by atoms with Gasteiger partial charge < -0.3 is 9.80 Å². The molecule has 0 atom stereocenters. The lowest BCUT2D eigenvalue weighted by Gasteiger charge is -2.20. The highest BCUT2D eigenvalue weighted by Crippen LogP contribution is 2.23. The van der Waals surface area contributed by atoms with Crippen LogP contribution < -0.4 is 4.90 Å². The van der Waals surface area contributed by atoms with Gasteiger partial charge in [0.1, 0.15) is 0 Å². The average Bonchev–Trinajstić information content (AvgIpc) is 3.20. The number of anilines is 1. The fourth-order valence-corrected chi connectivity index (χ4v) is 4.40. The minimum Gasteiger partial charge on any atom is -0.341 e. The van der Waals surface area contributed by atoms with E-state index in [9.17, 15) is 4.79 Å². The number of para-hydroxylation sites is 1. The van der Waals surface area contributed by atoms with Gasteiger partial charge in [-0.3, -0.25) is 9.78 Å². The summed E-state index contributed by atoms with van der Waals surface area (Å²) in [5.74, 6) is 0.902. The Morgan fingerprint density at radius 3 is 2.66 bits per heavy atom. The molecule has 0 bridgehead atoms. The molecule has 29 heavy (non-hydrogen) atoms. The summed E-state index contributed by atoms with van der Waals surface area (Å²) in [6.45, 7) is 5.51. The fraction of sp³-hybridized carbons (Fsp3) is 0.391. The van der Waals surface area contributed by atoms with Crippen LogP contribution in [0.2, 0.25) is 0 Å². The van der Waals surface area contributed by atoms with Gasteiger partial charge in [0.25, 0.3) is 5.91 Å². The maximum Gasteiger partial charge on any atom is 0.255 e. The number of hydrogen-bond acceptors (Lipinski definition) is 5. The molecule has 0 N–H and O–H groups in total. The molecule has 0 radical (unpaired) electrons. The molecular weight excluding hydrogens is 362 g/mol. The number of aryl methyl sites for hydroxylation is 1. The van der Waals surface area contributed by atoms with Crippen molar-refractivity contribution in [3.8, 4) is 0 Å². The molecule has 2 aromatic heterocycles. The maximum atomic E-state index is 13.1. The van der Waals surface area contributed by atoms with Crippen LogP contribution >= 0.6 is 0 Å². The van der Waals surface area contributed by atoms with Crippen molar-refractivity contribution in [3.63, 3.8) is 0 Å². The second kappa shape index (κ2) is 7.43. The molecule has 1 aromatic carbocycles. The van der Waals surface area contributed by atoms with E-state index in [0.717, 1.165) is 54.2 Å². The number of carbonyl (C=O) groups is 1. The molecule has 1 amide bonds. The van der Waals surface area contributed by atoms with Crippen LogP contribution in [-0.2, 0) is 12.8 Å². The number of benzene rings is 1. The van der Waals surface area contributed by atoms with Crippen LogP contribution in [0, 0.1) is 6.92 Å². The predicted molar refractivity (Wildman–Crippen MR) is 113 cm³/mol. The van der Waals surface area contributed by atoms with Crippen molar-refractivity contribution in [2.24, 2.45) is 0 Å². The van der Waals surface area contributed by atoms with Crippen molar-refractivity contribution in [2.45, 2.75) is 32.6 Å². The van der Waals surface area contributed by atoms with Gasteiger partial charge in [0.05, 0.1) is 16.8 Å². The highest BCUT2D eigenvalue weighted by Gasteiger charge is 2.24. The highest BCUT2D eigenvalue weighted by molar-refractivity contribution is 5.97. The Bertz CT molecular complexity index is 1070. The molecule has 5 rings (SSSR count). The Morgan fingerprint density at radius 1 is 1.00 bits per heavy atom. The fourth-order valence-electron chi connectivity index (χ4n) is 4.40. The SMILES string of the molecule is Cc1nc(N2CCCC2)nc2c1CCN(C(=O)c1cnc3ccccc3c1)CC2. The molecular formula is C23H25N5O. The molecule has 148 valence electrons. The Labute approximate surface area is 170 Å². The van der Waals surface area contributed by atoms with Crippen molar-refractivity contribution in [2.75, 3.05) is 31.1 Å². The highest BCUT2D eigenvalue weighted by atomic mass is 16.2. The van der Waals surface area contributed by atoms with Crippen LogP contribution in [0.5, 0.6) is 0 Å². The summed E-state index contributed by atoms with van der Waals surface area (Å²) in [5.41, 5.74) is 4.92. The lowest BCUT2D eigenvalue weighted by molar-refractivity contribution is 0.0762. The number of aromatic nitrogens is 3. The standard InChI is InChI=1S/C23H25N5O/c1-16-19-8-12-27(13-9-21(19)26-23(25-16)28-10-4-5-11-28)22(29)18-14-17-6-2-3-7-20(17)24-15-18/h2-3,6-7,14-15H,4-5,8-13H2,1H3. The summed E-state index contributed by atoms with van der Waals surface area (Å²) >= 11 is 0. The minimum atomic E-state index is 0.0430. The molecule has 4 heterocycles. The summed E-state index contributed by atoms with van der Waals surface area (Å²) in [6, 6.07) is 9.84. The van der Waals surface area contributed by atoms with Crippen molar-refractivity contribution < 1.29 is 4.79 Å². The zero-order valence-corrected chi connectivity index (χ0v) is 16.8. The smallest absolute Gasteiger partial charge is 0.255 e. The molecule has 2 aliphatic rings. The van der Waals surface area contributed by atoms with E-state index in [-0.39, 0.29) is 5.91 Å². The van der Waals surface area contributed by atoms with Crippen LogP contribution in [-0.4, -0.2) is 51.9 Å². The summed E-state index contributed by atoms with van der Waals surface area (Å²) in [7, 11) is 0. The van der Waals surface area contributed by atoms with Crippen molar-refractivity contribution in [1.29, 1.82) is 0 Å². The van der Waals surface area contributed by atoms with E-state index in [1.165, 1.54) is 18.4 Å². The van der Waals surface area contributed by atoms with Crippen LogP contribution in [0.15, 0.2) is 36.5 Å². The molecule has 0 saturated carbocycles. The second-order valence-electron chi connectivity index (χ2n) is 7.94. The van der Waals surface area contributed by atoms with E-state index in [1.54, 1.807) is 6.20 Å². The normalized spacial score (nSPS) is 16.7. The van der Waals surface area contributed by atoms with E-state index < -0.39 is 0 Å². The number of pyridine rings is 1. The van der Waals surface area contributed by atoms with E-state index in [2.05, 4.69) is 16.8 Å². The molecule has 1 saturated heterocycles. The third-order valence-corrected chi connectivity index (χ3v) is 6.05. The predicted octanol–water partition coefficient (Wildman–Crippen LogP) is 3.17. The van der Waals surface area contributed by atoms with E-state index >= 15 is 0 Å². The quantitative estimate of drug-likeness (QED) is 0.676. The Balaban J connectivity index is 1.38. The van der Waals surface area contributed by atoms with Crippen molar-refractivity contribution in [3.05, 3.63) is 59.0 Å². The Hall–Kier alpha value is -3.02. The van der Waals surface area contributed by atoms with Gasteiger partial charge >= 0.3 is 0 Å². The molecule has 0 aliphatic carbocycles. The van der Waals surface area contributed by atoms with E-state index in [0.29, 0.717) is 18.7 Å². The monoisotopic (exact) mass is 387 g/mol. The Kier molecular flexibility index (Phi) is 4.62. The number of nitrogens with zero attached hydrogens (tertiary/aromatic N) is 5. The van der Waals surface area contributed by atoms with Gasteiger partial charge in [-0.2, -0.15) is 0 Å². The maximum absolute atomic E-state index is 13.1. The lowest BCUT2D eigenvalue weighted by atomic mass is 10.1. The first-order valence-corrected chi connectivity index (χ1v) is 10.4. The minimum absolute atomic E-state index is 0.0430. The van der Waals surface area contributed by atoms with E-state index in [4.69, 9.17) is 9.97 Å². The molecule has 0 unspecified atom stereocenters. The first kappa shape index (κ1) is 18.0. The summed E-state index contributed by atoms with van der Waals surface area (Å²) in [6.07, 6.45) is 5.68. The Morgan fingerprint density at radius 2 is 1.79 bits per heavy atom. The number of carbonyl (C=O) groups excluding carboxylic acids is 1. The molecule has 1 fully saturated rings. The van der Waals surface area contributed by atoms with Crippen LogP contribution in [0.4, 0.5) is 5.95 Å². The van der Waals surface area contributed by atoms with E-state index in [1.807, 2.05) is 35.2 Å². The van der Waals surface area contributed by atoms with Gasteiger partial charge in [-0.1, -0.05) is 18.2 Å². The zero-order valence-electron chi connectivity index (χ0n) is 16.8. The summed E-state index contributed by atoms with van der Waals surface area (Å²) < 4.78 is 0. The number of amides is 1. The summed E-state index contributed by atoms with van der Waals surface area (Å²) in [4.78, 5) is 31.5. The number of fused-ring (bicyclic) bond motifs is 2.